The molecule has 0 spiro atoms. The van der Waals surface area contributed by atoms with E-state index in [0.717, 1.165) is 62.3 Å². The molecule has 136 valence electrons. The summed E-state index contributed by atoms with van der Waals surface area (Å²) < 4.78 is 0. The number of likely N-dealkylation sites (tertiary alicyclic amines) is 2. The number of hydrogen-bond acceptors (Lipinski definition) is 4. The van der Waals surface area contributed by atoms with Gasteiger partial charge in [0.15, 0.2) is 0 Å². The molecule has 2 fully saturated rings. The number of carbonyl (C=O) groups excluding carboxylic acids is 2. The van der Waals surface area contributed by atoms with Crippen LogP contribution in [0.1, 0.15) is 36.0 Å². The molecule has 0 bridgehead atoms. The van der Waals surface area contributed by atoms with Crippen LogP contribution in [0.4, 0.5) is 0 Å². The van der Waals surface area contributed by atoms with E-state index in [1.54, 1.807) is 0 Å². The Morgan fingerprint density at radius 2 is 1.76 bits per heavy atom. The first-order valence-electron chi connectivity index (χ1n) is 9.15. The fourth-order valence-electron chi connectivity index (χ4n) is 3.51. The topological polar surface area (TPSA) is 52.7 Å². The summed E-state index contributed by atoms with van der Waals surface area (Å²) in [5.41, 5.74) is 0.727. The second-order valence-corrected chi connectivity index (χ2v) is 7.75. The minimum atomic E-state index is 0.0891. The summed E-state index contributed by atoms with van der Waals surface area (Å²) in [4.78, 5) is 30.0. The van der Waals surface area contributed by atoms with Gasteiger partial charge in [0.2, 0.25) is 5.91 Å². The number of carbonyl (C=O) groups is 2. The van der Waals surface area contributed by atoms with Crippen LogP contribution >= 0.6 is 11.8 Å². The minimum Gasteiger partial charge on any atom is -0.342 e. The predicted octanol–water partition coefficient (Wildman–Crippen LogP) is 2.23. The van der Waals surface area contributed by atoms with Gasteiger partial charge in [-0.25, -0.2) is 0 Å². The Kier molecular flexibility index (Phi) is 6.37. The molecule has 25 heavy (non-hydrogen) atoms. The monoisotopic (exact) mass is 361 g/mol. The van der Waals surface area contributed by atoms with E-state index in [2.05, 4.69) is 5.32 Å². The third-order valence-corrected chi connectivity index (χ3v) is 6.18. The van der Waals surface area contributed by atoms with Crippen LogP contribution < -0.4 is 5.32 Å². The van der Waals surface area contributed by atoms with Crippen LogP contribution in [0.3, 0.4) is 0 Å². The third-order valence-electron chi connectivity index (χ3n) is 5.12. The molecule has 2 saturated heterocycles. The Labute approximate surface area is 154 Å². The number of nitrogens with zero attached hydrogens (tertiary/aromatic N) is 2. The van der Waals surface area contributed by atoms with Crippen LogP contribution in [-0.2, 0) is 4.79 Å². The molecule has 2 aliphatic rings. The maximum Gasteiger partial charge on any atom is 0.254 e. The second-order valence-electron chi connectivity index (χ2n) is 6.73. The number of benzene rings is 1. The van der Waals surface area contributed by atoms with E-state index >= 15 is 0 Å². The Hall–Kier alpha value is -1.53. The fourth-order valence-corrected chi connectivity index (χ4v) is 4.46. The highest BCUT2D eigenvalue weighted by Gasteiger charge is 2.25. The standard InChI is InChI=1S/C19H27N3O2S/c1-20-15-8-12-22(13-9-15)19(24)16-6-2-3-7-17(16)25-14-18(23)21-10-4-5-11-21/h2-3,6-7,15,20H,4-5,8-14H2,1H3. The van der Waals surface area contributed by atoms with E-state index < -0.39 is 0 Å². The highest BCUT2D eigenvalue weighted by Crippen LogP contribution is 2.26. The van der Waals surface area contributed by atoms with Crippen LogP contribution in [-0.4, -0.2) is 66.6 Å². The first-order valence-corrected chi connectivity index (χ1v) is 10.1. The van der Waals surface area contributed by atoms with Crippen LogP contribution in [0.15, 0.2) is 29.2 Å². The number of amides is 2. The summed E-state index contributed by atoms with van der Waals surface area (Å²) in [6.45, 7) is 3.33. The van der Waals surface area contributed by atoms with Crippen molar-refractivity contribution in [3.63, 3.8) is 0 Å². The summed E-state index contributed by atoms with van der Waals surface area (Å²) in [5, 5.41) is 3.29. The van der Waals surface area contributed by atoms with Gasteiger partial charge in [0, 0.05) is 37.1 Å². The summed E-state index contributed by atoms with van der Waals surface area (Å²) in [6, 6.07) is 8.18. The van der Waals surface area contributed by atoms with E-state index in [0.29, 0.717) is 11.8 Å². The maximum absolute atomic E-state index is 12.9. The van der Waals surface area contributed by atoms with Gasteiger partial charge in [-0.1, -0.05) is 12.1 Å². The zero-order valence-electron chi connectivity index (χ0n) is 14.9. The lowest BCUT2D eigenvalue weighted by molar-refractivity contribution is -0.127. The van der Waals surface area contributed by atoms with Gasteiger partial charge in [-0.15, -0.1) is 11.8 Å². The van der Waals surface area contributed by atoms with Crippen molar-refractivity contribution >= 4 is 23.6 Å². The van der Waals surface area contributed by atoms with E-state index in [4.69, 9.17) is 0 Å². The normalized spacial score (nSPS) is 18.6. The smallest absolute Gasteiger partial charge is 0.254 e. The van der Waals surface area contributed by atoms with Crippen LogP contribution in [0.25, 0.3) is 0 Å². The molecular formula is C19H27N3O2S. The number of thioether (sulfide) groups is 1. The van der Waals surface area contributed by atoms with Crippen molar-refractivity contribution in [1.29, 1.82) is 0 Å². The first kappa shape index (κ1) is 18.3. The van der Waals surface area contributed by atoms with Crippen molar-refractivity contribution in [2.75, 3.05) is 39.0 Å². The van der Waals surface area contributed by atoms with Crippen molar-refractivity contribution < 1.29 is 9.59 Å². The Morgan fingerprint density at radius 3 is 2.44 bits per heavy atom. The van der Waals surface area contributed by atoms with Crippen LogP contribution in [0.5, 0.6) is 0 Å². The fraction of sp³-hybridized carbons (Fsp3) is 0.579. The average Bonchev–Trinajstić information content (AvgIpc) is 3.21. The van der Waals surface area contributed by atoms with E-state index in [-0.39, 0.29) is 11.8 Å². The molecule has 2 heterocycles. The van der Waals surface area contributed by atoms with E-state index in [1.807, 2.05) is 41.1 Å². The number of rotatable bonds is 5. The molecule has 6 heteroatoms. The molecule has 2 aliphatic heterocycles. The molecule has 0 radical (unpaired) electrons. The lowest BCUT2D eigenvalue weighted by Crippen LogP contribution is -2.44. The lowest BCUT2D eigenvalue weighted by Gasteiger charge is -2.32. The molecule has 3 rings (SSSR count). The largest absolute Gasteiger partial charge is 0.342 e. The van der Waals surface area contributed by atoms with Gasteiger partial charge >= 0.3 is 0 Å². The molecule has 0 atom stereocenters. The number of nitrogens with one attached hydrogen (secondary N) is 1. The van der Waals surface area contributed by atoms with Gasteiger partial charge in [-0.05, 0) is 44.9 Å². The lowest BCUT2D eigenvalue weighted by atomic mass is 10.0. The average molecular weight is 362 g/mol. The van der Waals surface area contributed by atoms with Gasteiger partial charge in [-0.2, -0.15) is 0 Å². The number of hydrogen-bond donors (Lipinski definition) is 1. The highest BCUT2D eigenvalue weighted by molar-refractivity contribution is 8.00. The highest BCUT2D eigenvalue weighted by atomic mass is 32.2. The van der Waals surface area contributed by atoms with Crippen LogP contribution in [0, 0.1) is 0 Å². The van der Waals surface area contributed by atoms with Crippen molar-refractivity contribution in [1.82, 2.24) is 15.1 Å². The Bertz CT molecular complexity index is 608. The van der Waals surface area contributed by atoms with E-state index in [9.17, 15) is 9.59 Å². The third kappa shape index (κ3) is 4.55. The summed E-state index contributed by atoms with van der Waals surface area (Å²) in [6.07, 6.45) is 4.19. The molecule has 1 aromatic carbocycles. The van der Waals surface area contributed by atoms with Gasteiger partial charge in [0.25, 0.3) is 5.91 Å². The molecule has 0 unspecified atom stereocenters. The SMILES string of the molecule is CNC1CCN(C(=O)c2ccccc2SCC(=O)N2CCCC2)CC1. The second kappa shape index (κ2) is 8.72. The zero-order chi connectivity index (χ0) is 17.6. The van der Waals surface area contributed by atoms with Crippen LogP contribution in [0.2, 0.25) is 0 Å². The van der Waals surface area contributed by atoms with Crippen molar-refractivity contribution in [2.45, 2.75) is 36.6 Å². The molecule has 0 aliphatic carbocycles. The van der Waals surface area contributed by atoms with Crippen molar-refractivity contribution in [3.8, 4) is 0 Å². The molecule has 0 aromatic heterocycles. The molecule has 1 aromatic rings. The predicted molar refractivity (Wildman–Crippen MR) is 101 cm³/mol. The summed E-state index contributed by atoms with van der Waals surface area (Å²) >= 11 is 1.49. The molecule has 1 N–H and O–H groups in total. The zero-order valence-corrected chi connectivity index (χ0v) is 15.7. The Morgan fingerprint density at radius 1 is 1.08 bits per heavy atom. The van der Waals surface area contributed by atoms with Gasteiger partial charge in [0.05, 0.1) is 11.3 Å². The Balaban J connectivity index is 1.62. The molecule has 0 saturated carbocycles. The van der Waals surface area contributed by atoms with Gasteiger partial charge in [-0.3, -0.25) is 9.59 Å². The molecular weight excluding hydrogens is 334 g/mol. The van der Waals surface area contributed by atoms with E-state index in [1.165, 1.54) is 11.8 Å². The van der Waals surface area contributed by atoms with Crippen molar-refractivity contribution in [3.05, 3.63) is 29.8 Å². The molecule has 2 amide bonds. The molecule has 5 nitrogen and oxygen atoms in total. The first-order chi connectivity index (χ1) is 12.2. The minimum absolute atomic E-state index is 0.0891. The quantitative estimate of drug-likeness (QED) is 0.817. The summed E-state index contributed by atoms with van der Waals surface area (Å²) in [5.74, 6) is 0.678. The maximum atomic E-state index is 12.9. The van der Waals surface area contributed by atoms with Crippen molar-refractivity contribution in [2.24, 2.45) is 0 Å². The van der Waals surface area contributed by atoms with Gasteiger partial charge in [0.1, 0.15) is 0 Å². The summed E-state index contributed by atoms with van der Waals surface area (Å²) in [7, 11) is 1.98. The number of piperidine rings is 1. The van der Waals surface area contributed by atoms with Gasteiger partial charge < -0.3 is 15.1 Å².